The van der Waals surface area contributed by atoms with Crippen molar-refractivity contribution >= 4 is 23.2 Å². The predicted octanol–water partition coefficient (Wildman–Crippen LogP) is 4.04. The molecule has 1 aliphatic rings. The summed E-state index contributed by atoms with van der Waals surface area (Å²) in [7, 11) is 0. The number of non-ortho nitro benzene ring substituents is 1. The molecule has 1 aromatic heterocycles. The summed E-state index contributed by atoms with van der Waals surface area (Å²) in [6, 6.07) is 7.44. The number of nitrogens with zero attached hydrogens (tertiary/aromatic N) is 1. The van der Waals surface area contributed by atoms with Gasteiger partial charge in [-0.05, 0) is 43.9 Å². The molecule has 3 rings (SSSR count). The number of rotatable bonds is 5. The Morgan fingerprint density at radius 2 is 2.13 bits per heavy atom. The Labute approximate surface area is 137 Å². The number of carbonyl (C=O) groups excluding carboxylic acids is 1. The number of carbonyl (C=O) groups is 1. The fraction of sp³-hybridized carbons (Fsp3) is 0.312. The molecular formula is C16H15ClN2O4. The highest BCUT2D eigenvalue weighted by atomic mass is 35.5. The smallest absolute Gasteiger partial charge is 0.287 e. The highest BCUT2D eigenvalue weighted by Crippen LogP contribution is 2.33. The van der Waals surface area contributed by atoms with Crippen LogP contribution in [-0.4, -0.2) is 16.9 Å². The summed E-state index contributed by atoms with van der Waals surface area (Å²) in [6.07, 6.45) is 2.28. The van der Waals surface area contributed by atoms with Crippen molar-refractivity contribution in [2.45, 2.75) is 25.8 Å². The van der Waals surface area contributed by atoms with E-state index in [1.54, 1.807) is 12.1 Å². The van der Waals surface area contributed by atoms with Crippen molar-refractivity contribution in [2.75, 3.05) is 0 Å². The van der Waals surface area contributed by atoms with Crippen LogP contribution in [0.2, 0.25) is 5.02 Å². The van der Waals surface area contributed by atoms with Crippen molar-refractivity contribution in [1.29, 1.82) is 0 Å². The minimum Gasteiger partial charge on any atom is -0.451 e. The second kappa shape index (κ2) is 6.04. The third-order valence-corrected chi connectivity index (χ3v) is 4.26. The van der Waals surface area contributed by atoms with Crippen molar-refractivity contribution < 1.29 is 14.1 Å². The van der Waals surface area contributed by atoms with Crippen LogP contribution in [0.15, 0.2) is 34.7 Å². The lowest BCUT2D eigenvalue weighted by Gasteiger charge is -2.11. The van der Waals surface area contributed by atoms with Gasteiger partial charge in [0.1, 0.15) is 5.76 Å². The molecule has 0 unspecified atom stereocenters. The summed E-state index contributed by atoms with van der Waals surface area (Å²) in [5, 5.41) is 13.8. The second-order valence-electron chi connectivity index (χ2n) is 5.68. The molecule has 7 heteroatoms. The van der Waals surface area contributed by atoms with Crippen molar-refractivity contribution in [1.82, 2.24) is 5.32 Å². The zero-order chi connectivity index (χ0) is 16.6. The number of furan rings is 1. The van der Waals surface area contributed by atoms with Crippen LogP contribution in [0.4, 0.5) is 5.69 Å². The van der Waals surface area contributed by atoms with Crippen molar-refractivity contribution in [3.63, 3.8) is 0 Å². The molecule has 0 aliphatic heterocycles. The van der Waals surface area contributed by atoms with Gasteiger partial charge in [0, 0.05) is 23.7 Å². The number of benzene rings is 1. The van der Waals surface area contributed by atoms with Crippen LogP contribution in [0.3, 0.4) is 0 Å². The number of nitro benzene ring substituents is 1. The van der Waals surface area contributed by atoms with Gasteiger partial charge in [-0.25, -0.2) is 0 Å². The Morgan fingerprint density at radius 3 is 2.74 bits per heavy atom. The van der Waals surface area contributed by atoms with Gasteiger partial charge in [0.2, 0.25) is 0 Å². The van der Waals surface area contributed by atoms with Gasteiger partial charge in [-0.15, -0.1) is 0 Å². The Bertz CT molecular complexity index is 767. The van der Waals surface area contributed by atoms with Crippen LogP contribution in [0.1, 0.15) is 30.3 Å². The maximum atomic E-state index is 12.1. The average Bonchev–Trinajstić information content (AvgIpc) is 3.25. The number of hydrogen-bond acceptors (Lipinski definition) is 4. The van der Waals surface area contributed by atoms with Crippen LogP contribution >= 0.6 is 11.6 Å². The predicted molar refractivity (Wildman–Crippen MR) is 85.5 cm³/mol. The van der Waals surface area contributed by atoms with Crippen LogP contribution in [0.25, 0.3) is 11.3 Å². The highest BCUT2D eigenvalue weighted by Gasteiger charge is 2.29. The Kier molecular flexibility index (Phi) is 4.09. The molecule has 0 saturated heterocycles. The topological polar surface area (TPSA) is 85.4 Å². The summed E-state index contributed by atoms with van der Waals surface area (Å²) in [6.45, 7) is 1.98. The van der Waals surface area contributed by atoms with E-state index >= 15 is 0 Å². The fourth-order valence-corrected chi connectivity index (χ4v) is 2.68. The van der Waals surface area contributed by atoms with E-state index in [1.807, 2.05) is 6.92 Å². The van der Waals surface area contributed by atoms with E-state index in [4.69, 9.17) is 16.0 Å². The van der Waals surface area contributed by atoms with E-state index in [9.17, 15) is 14.9 Å². The molecule has 1 saturated carbocycles. The summed E-state index contributed by atoms with van der Waals surface area (Å²) in [4.78, 5) is 22.3. The Hall–Kier alpha value is -2.34. The first-order valence-corrected chi connectivity index (χ1v) is 7.68. The third kappa shape index (κ3) is 3.37. The van der Waals surface area contributed by atoms with Gasteiger partial charge in [-0.3, -0.25) is 14.9 Å². The van der Waals surface area contributed by atoms with Crippen molar-refractivity contribution in [3.8, 4) is 11.3 Å². The SMILES string of the molecule is C[C@@H](NC(=O)c1ccc(-c2ccc([N+](=O)[O-])cc2Cl)o1)C1CC1. The average molecular weight is 335 g/mol. The van der Waals surface area contributed by atoms with E-state index in [1.165, 1.54) is 18.2 Å². The summed E-state index contributed by atoms with van der Waals surface area (Å²) in [5.41, 5.74) is 0.410. The number of amides is 1. The highest BCUT2D eigenvalue weighted by molar-refractivity contribution is 6.33. The fourth-order valence-electron chi connectivity index (χ4n) is 2.41. The van der Waals surface area contributed by atoms with Crippen molar-refractivity contribution in [2.24, 2.45) is 5.92 Å². The van der Waals surface area contributed by atoms with Gasteiger partial charge >= 0.3 is 0 Å². The molecule has 1 aromatic carbocycles. The Balaban J connectivity index is 1.78. The minimum absolute atomic E-state index is 0.0958. The van der Waals surface area contributed by atoms with Crippen LogP contribution < -0.4 is 5.32 Å². The summed E-state index contributed by atoms with van der Waals surface area (Å²) >= 11 is 6.07. The standard InChI is InChI=1S/C16H15ClN2O4/c1-9(10-2-3-10)18-16(20)15-7-6-14(23-15)12-5-4-11(19(21)22)8-13(12)17/h4-10H,2-3H2,1H3,(H,18,20)/t9-/m1/s1. The zero-order valence-corrected chi connectivity index (χ0v) is 13.2. The third-order valence-electron chi connectivity index (χ3n) is 3.95. The van der Waals surface area contributed by atoms with E-state index in [0.717, 1.165) is 12.8 Å². The van der Waals surface area contributed by atoms with Gasteiger partial charge in [-0.2, -0.15) is 0 Å². The molecule has 0 spiro atoms. The second-order valence-corrected chi connectivity index (χ2v) is 6.09. The minimum atomic E-state index is -0.518. The maximum absolute atomic E-state index is 12.1. The molecule has 0 radical (unpaired) electrons. The maximum Gasteiger partial charge on any atom is 0.287 e. The molecule has 120 valence electrons. The molecule has 1 fully saturated rings. The van der Waals surface area contributed by atoms with E-state index < -0.39 is 4.92 Å². The summed E-state index contributed by atoms with van der Waals surface area (Å²) in [5.74, 6) is 0.877. The number of halogens is 1. The molecule has 1 N–H and O–H groups in total. The quantitative estimate of drug-likeness (QED) is 0.660. The lowest BCUT2D eigenvalue weighted by atomic mass is 10.1. The van der Waals surface area contributed by atoms with Crippen molar-refractivity contribution in [3.05, 3.63) is 51.2 Å². The van der Waals surface area contributed by atoms with Gasteiger partial charge in [0.15, 0.2) is 5.76 Å². The first-order valence-electron chi connectivity index (χ1n) is 7.30. The van der Waals surface area contributed by atoms with E-state index in [2.05, 4.69) is 5.32 Å². The van der Waals surface area contributed by atoms with Crippen LogP contribution in [-0.2, 0) is 0 Å². The van der Waals surface area contributed by atoms with Crippen LogP contribution in [0.5, 0.6) is 0 Å². The van der Waals surface area contributed by atoms with Gasteiger partial charge in [0.05, 0.1) is 9.95 Å². The van der Waals surface area contributed by atoms with Gasteiger partial charge in [-0.1, -0.05) is 11.6 Å². The number of nitro groups is 1. The first-order chi connectivity index (χ1) is 11.0. The van der Waals surface area contributed by atoms with Crippen LogP contribution in [0, 0.1) is 16.0 Å². The molecule has 1 atom stereocenters. The molecular weight excluding hydrogens is 320 g/mol. The molecule has 0 bridgehead atoms. The molecule has 1 aliphatic carbocycles. The number of hydrogen-bond donors (Lipinski definition) is 1. The Morgan fingerprint density at radius 1 is 1.39 bits per heavy atom. The van der Waals surface area contributed by atoms with Gasteiger partial charge in [0.25, 0.3) is 11.6 Å². The lowest BCUT2D eigenvalue weighted by Crippen LogP contribution is -2.33. The van der Waals surface area contributed by atoms with Gasteiger partial charge < -0.3 is 9.73 Å². The molecule has 23 heavy (non-hydrogen) atoms. The zero-order valence-electron chi connectivity index (χ0n) is 12.4. The molecule has 6 nitrogen and oxygen atoms in total. The molecule has 1 amide bonds. The molecule has 1 heterocycles. The normalized spacial score (nSPS) is 15.2. The first kappa shape index (κ1) is 15.6. The van der Waals surface area contributed by atoms with E-state index in [0.29, 0.717) is 17.2 Å². The molecule has 2 aromatic rings. The monoisotopic (exact) mass is 334 g/mol. The largest absolute Gasteiger partial charge is 0.451 e. The lowest BCUT2D eigenvalue weighted by molar-refractivity contribution is -0.384. The number of nitrogens with one attached hydrogen (secondary N) is 1. The van der Waals surface area contributed by atoms with E-state index in [-0.39, 0.29) is 28.4 Å². The summed E-state index contributed by atoms with van der Waals surface area (Å²) < 4.78 is 5.55.